The number of nitro groups is 1. The molecule has 8 nitrogen and oxygen atoms in total. The van der Waals surface area contributed by atoms with E-state index in [-0.39, 0.29) is 16.7 Å². The summed E-state index contributed by atoms with van der Waals surface area (Å²) >= 11 is 0. The van der Waals surface area contributed by atoms with Crippen molar-refractivity contribution in [3.05, 3.63) is 41.0 Å². The van der Waals surface area contributed by atoms with Gasteiger partial charge in [-0.15, -0.1) is 0 Å². The lowest BCUT2D eigenvalue weighted by atomic mass is 10.0. The molecule has 122 valence electrons. The van der Waals surface area contributed by atoms with Gasteiger partial charge in [-0.1, -0.05) is 6.07 Å². The van der Waals surface area contributed by atoms with Crippen LogP contribution in [0.2, 0.25) is 0 Å². The number of aromatic nitrogens is 3. The van der Waals surface area contributed by atoms with E-state index in [2.05, 4.69) is 10.1 Å². The van der Waals surface area contributed by atoms with Gasteiger partial charge >= 0.3 is 5.69 Å². The number of piperidine rings is 1. The van der Waals surface area contributed by atoms with Gasteiger partial charge in [0.1, 0.15) is 18.3 Å². The minimum atomic E-state index is -0.362. The molecular formula is C15H19N5O3. The molecule has 8 heteroatoms. The Balaban J connectivity index is 1.91. The second-order valence-electron chi connectivity index (χ2n) is 5.43. The Morgan fingerprint density at radius 3 is 3.04 bits per heavy atom. The van der Waals surface area contributed by atoms with Gasteiger partial charge in [0.15, 0.2) is 5.75 Å². The summed E-state index contributed by atoms with van der Waals surface area (Å²) in [6, 6.07) is 5.39. The van der Waals surface area contributed by atoms with Gasteiger partial charge in [0.2, 0.25) is 0 Å². The molecule has 23 heavy (non-hydrogen) atoms. The first-order chi connectivity index (χ1) is 11.2. The minimum absolute atomic E-state index is 0.0357. The molecule has 0 saturated carbocycles. The summed E-state index contributed by atoms with van der Waals surface area (Å²) in [6.07, 6.45) is 5.13. The van der Waals surface area contributed by atoms with Crippen LogP contribution in [0.5, 0.6) is 5.75 Å². The molecule has 1 fully saturated rings. The Hall–Kier alpha value is -2.64. The third kappa shape index (κ3) is 3.10. The van der Waals surface area contributed by atoms with Crippen LogP contribution in [-0.2, 0) is 0 Å². The maximum atomic E-state index is 11.5. The summed E-state index contributed by atoms with van der Waals surface area (Å²) < 4.78 is 7.26. The fourth-order valence-electron chi connectivity index (χ4n) is 3.02. The Kier molecular flexibility index (Phi) is 4.40. The van der Waals surface area contributed by atoms with Crippen LogP contribution < -0.4 is 9.64 Å². The van der Waals surface area contributed by atoms with E-state index < -0.39 is 0 Å². The van der Waals surface area contributed by atoms with Crippen LogP contribution in [-0.4, -0.2) is 39.4 Å². The first-order valence-corrected chi connectivity index (χ1v) is 7.70. The molecule has 0 aliphatic carbocycles. The third-order valence-electron chi connectivity index (χ3n) is 4.01. The highest BCUT2D eigenvalue weighted by Gasteiger charge is 2.29. The second kappa shape index (κ2) is 6.64. The third-order valence-corrected chi connectivity index (χ3v) is 4.01. The zero-order chi connectivity index (χ0) is 16.2. The van der Waals surface area contributed by atoms with Crippen molar-refractivity contribution in [2.24, 2.45) is 0 Å². The molecule has 3 rings (SSSR count). The number of para-hydroxylation sites is 1. The molecule has 1 aromatic carbocycles. The van der Waals surface area contributed by atoms with E-state index in [1.54, 1.807) is 24.5 Å². The first-order valence-electron chi connectivity index (χ1n) is 7.70. The van der Waals surface area contributed by atoms with Crippen LogP contribution in [0.25, 0.3) is 0 Å². The van der Waals surface area contributed by atoms with Gasteiger partial charge in [0.25, 0.3) is 0 Å². The number of hydrogen-bond acceptors (Lipinski definition) is 6. The topological polar surface area (TPSA) is 86.3 Å². The second-order valence-corrected chi connectivity index (χ2v) is 5.43. The highest BCUT2D eigenvalue weighted by Crippen LogP contribution is 2.39. The van der Waals surface area contributed by atoms with E-state index in [1.165, 1.54) is 6.33 Å². The van der Waals surface area contributed by atoms with Crippen molar-refractivity contribution in [3.63, 3.8) is 0 Å². The van der Waals surface area contributed by atoms with Crippen LogP contribution in [0.15, 0.2) is 30.9 Å². The van der Waals surface area contributed by atoms with E-state index >= 15 is 0 Å². The quantitative estimate of drug-likeness (QED) is 0.622. The van der Waals surface area contributed by atoms with Crippen molar-refractivity contribution in [1.82, 2.24) is 14.8 Å². The normalized spacial score (nSPS) is 18.0. The van der Waals surface area contributed by atoms with Crippen molar-refractivity contribution in [1.29, 1.82) is 0 Å². The predicted molar refractivity (Wildman–Crippen MR) is 84.8 cm³/mol. The molecule has 2 heterocycles. The molecule has 1 aromatic heterocycles. The molecule has 0 bridgehead atoms. The number of benzene rings is 1. The van der Waals surface area contributed by atoms with Crippen molar-refractivity contribution < 1.29 is 9.66 Å². The van der Waals surface area contributed by atoms with Gasteiger partial charge < -0.3 is 9.64 Å². The summed E-state index contributed by atoms with van der Waals surface area (Å²) in [5.41, 5.74) is 0.638. The van der Waals surface area contributed by atoms with Gasteiger partial charge in [-0.3, -0.25) is 10.1 Å². The SMILES string of the molecule is CCOc1cccc(N2CCCC(n3cncn3)C2)c1[N+](=O)[O-]. The summed E-state index contributed by atoms with van der Waals surface area (Å²) in [5, 5.41) is 15.7. The molecule has 1 saturated heterocycles. The summed E-state index contributed by atoms with van der Waals surface area (Å²) in [5.74, 6) is 0.317. The monoisotopic (exact) mass is 317 g/mol. The van der Waals surface area contributed by atoms with Crippen LogP contribution in [0, 0.1) is 10.1 Å². The maximum Gasteiger partial charge on any atom is 0.333 e. The Morgan fingerprint density at radius 2 is 2.35 bits per heavy atom. The number of ether oxygens (including phenoxy) is 1. The van der Waals surface area contributed by atoms with Crippen molar-refractivity contribution in [2.75, 3.05) is 24.6 Å². The molecule has 1 unspecified atom stereocenters. The lowest BCUT2D eigenvalue weighted by Crippen LogP contribution is -2.37. The van der Waals surface area contributed by atoms with Gasteiger partial charge in [-0.2, -0.15) is 5.10 Å². The largest absolute Gasteiger partial charge is 0.487 e. The van der Waals surface area contributed by atoms with Gasteiger partial charge in [0, 0.05) is 13.1 Å². The average Bonchev–Trinajstić information content (AvgIpc) is 3.09. The molecule has 2 aromatic rings. The van der Waals surface area contributed by atoms with Crippen LogP contribution in [0.3, 0.4) is 0 Å². The van der Waals surface area contributed by atoms with E-state index in [9.17, 15) is 10.1 Å². The molecular weight excluding hydrogens is 298 g/mol. The fourth-order valence-corrected chi connectivity index (χ4v) is 3.02. The number of hydrogen-bond donors (Lipinski definition) is 0. The zero-order valence-electron chi connectivity index (χ0n) is 13.0. The van der Waals surface area contributed by atoms with Crippen molar-refractivity contribution in [2.45, 2.75) is 25.8 Å². The maximum absolute atomic E-state index is 11.5. The Morgan fingerprint density at radius 1 is 1.48 bits per heavy atom. The number of rotatable bonds is 5. The average molecular weight is 317 g/mol. The summed E-state index contributed by atoms with van der Waals surface area (Å²) in [6.45, 7) is 3.66. The summed E-state index contributed by atoms with van der Waals surface area (Å²) in [7, 11) is 0. The predicted octanol–water partition coefficient (Wildman–Crippen LogP) is 2.43. The van der Waals surface area contributed by atoms with Crippen LogP contribution >= 0.6 is 0 Å². The Bertz CT molecular complexity index is 674. The lowest BCUT2D eigenvalue weighted by molar-refractivity contribution is -0.385. The minimum Gasteiger partial charge on any atom is -0.487 e. The highest BCUT2D eigenvalue weighted by molar-refractivity contribution is 5.70. The number of nitrogens with zero attached hydrogens (tertiary/aromatic N) is 5. The van der Waals surface area contributed by atoms with Crippen LogP contribution in [0.1, 0.15) is 25.8 Å². The number of anilines is 1. The van der Waals surface area contributed by atoms with Crippen molar-refractivity contribution in [3.8, 4) is 5.75 Å². The molecule has 0 radical (unpaired) electrons. The highest BCUT2D eigenvalue weighted by atomic mass is 16.6. The first kappa shape index (κ1) is 15.3. The molecule has 1 aliphatic rings. The smallest absolute Gasteiger partial charge is 0.333 e. The summed E-state index contributed by atoms with van der Waals surface area (Å²) in [4.78, 5) is 17.2. The fraction of sp³-hybridized carbons (Fsp3) is 0.467. The van der Waals surface area contributed by atoms with Gasteiger partial charge in [-0.25, -0.2) is 9.67 Å². The molecule has 1 aliphatic heterocycles. The van der Waals surface area contributed by atoms with Gasteiger partial charge in [-0.05, 0) is 31.9 Å². The Labute approximate surface area is 133 Å². The molecule has 0 N–H and O–H groups in total. The molecule has 0 spiro atoms. The van der Waals surface area contributed by atoms with E-state index in [0.717, 1.165) is 19.4 Å². The standard InChI is InChI=1S/C15H19N5O3/c1-2-23-14-7-3-6-13(15(14)20(21)22)18-8-4-5-12(9-18)19-11-16-10-17-19/h3,6-7,10-12H,2,4-5,8-9H2,1H3. The molecule has 1 atom stereocenters. The lowest BCUT2D eigenvalue weighted by Gasteiger charge is -2.34. The molecule has 0 amide bonds. The number of nitro benzene ring substituents is 1. The van der Waals surface area contributed by atoms with Crippen LogP contribution in [0.4, 0.5) is 11.4 Å². The van der Waals surface area contributed by atoms with E-state index in [4.69, 9.17) is 4.74 Å². The zero-order valence-corrected chi connectivity index (χ0v) is 13.0. The van der Waals surface area contributed by atoms with Gasteiger partial charge in [0.05, 0.1) is 17.6 Å². The van der Waals surface area contributed by atoms with E-state index in [1.807, 2.05) is 16.5 Å². The van der Waals surface area contributed by atoms with Crippen molar-refractivity contribution >= 4 is 11.4 Å². The van der Waals surface area contributed by atoms with E-state index in [0.29, 0.717) is 24.6 Å².